The number of amides is 2. The molecule has 2 saturated heterocycles. The second-order valence-electron chi connectivity index (χ2n) is 11.5. The number of aromatic nitrogens is 1. The number of likely N-dealkylation sites (tertiary alicyclic amines) is 1. The predicted molar refractivity (Wildman–Crippen MR) is 153 cm³/mol. The molecular weight excluding hydrogens is 514 g/mol. The molecule has 4 heterocycles. The van der Waals surface area contributed by atoms with E-state index in [1.54, 1.807) is 4.90 Å². The number of halogens is 1. The zero-order valence-corrected chi connectivity index (χ0v) is 24.1. The van der Waals surface area contributed by atoms with Crippen LogP contribution in [0.1, 0.15) is 56.0 Å². The van der Waals surface area contributed by atoms with Crippen LogP contribution >= 0.6 is 11.6 Å². The highest BCUT2D eigenvalue weighted by molar-refractivity contribution is 6.30. The number of hydrogen-bond acceptors (Lipinski definition) is 6. The highest BCUT2D eigenvalue weighted by Gasteiger charge is 2.35. The highest BCUT2D eigenvalue weighted by Crippen LogP contribution is 2.40. The lowest BCUT2D eigenvalue weighted by Crippen LogP contribution is -2.50. The quantitative estimate of drug-likeness (QED) is 0.529. The number of carbonyl (C=O) groups excluding carboxylic acids is 2. The standard InChI is InChI=1S/C30H40ClN5O3/c1-21(2)20-39-30(38)36-11-8-22(9-12-36)17-27(37)34-13-15-35(16-14-34)29-25-7-6-24(31)18-26(25)33(3)19-23-5-4-10-32-28(23)29/h4-7,10,18,21-22,29H,8-9,11-17,19-20H2,1-3H3. The highest BCUT2D eigenvalue weighted by atomic mass is 35.5. The van der Waals surface area contributed by atoms with Gasteiger partial charge in [-0.05, 0) is 54.0 Å². The van der Waals surface area contributed by atoms with Gasteiger partial charge in [0.1, 0.15) is 0 Å². The maximum absolute atomic E-state index is 13.2. The van der Waals surface area contributed by atoms with Gasteiger partial charge in [-0.25, -0.2) is 4.79 Å². The minimum absolute atomic E-state index is 0.0236. The first-order valence-electron chi connectivity index (χ1n) is 14.2. The lowest BCUT2D eigenvalue weighted by Gasteiger charge is -2.40. The van der Waals surface area contributed by atoms with Crippen LogP contribution in [-0.4, -0.2) is 84.6 Å². The lowest BCUT2D eigenvalue weighted by atomic mass is 9.93. The summed E-state index contributed by atoms with van der Waals surface area (Å²) in [6.45, 7) is 9.60. The number of hydrogen-bond donors (Lipinski definition) is 0. The molecule has 0 aliphatic carbocycles. The van der Waals surface area contributed by atoms with Crippen LogP contribution in [0.4, 0.5) is 10.5 Å². The van der Waals surface area contributed by atoms with Gasteiger partial charge in [0.2, 0.25) is 5.91 Å². The third kappa shape index (κ3) is 6.33. The van der Waals surface area contributed by atoms with Crippen molar-refractivity contribution in [2.24, 2.45) is 11.8 Å². The SMILES string of the molecule is CC(C)COC(=O)N1CCC(CC(=O)N2CCN(C3c4ccc(Cl)cc4N(C)Cc4cccnc43)CC2)CC1. The molecule has 1 aromatic carbocycles. The van der Waals surface area contributed by atoms with Crippen molar-refractivity contribution in [1.29, 1.82) is 0 Å². The Morgan fingerprint density at radius 1 is 1.05 bits per heavy atom. The molecule has 2 aromatic rings. The van der Waals surface area contributed by atoms with E-state index in [2.05, 4.69) is 29.0 Å². The smallest absolute Gasteiger partial charge is 0.409 e. The van der Waals surface area contributed by atoms with Gasteiger partial charge in [0.15, 0.2) is 0 Å². The average Bonchev–Trinajstić information content (AvgIpc) is 3.05. The van der Waals surface area contributed by atoms with Gasteiger partial charge < -0.3 is 19.4 Å². The maximum Gasteiger partial charge on any atom is 0.409 e. The Labute approximate surface area is 236 Å². The Morgan fingerprint density at radius 3 is 2.51 bits per heavy atom. The topological polar surface area (TPSA) is 69.2 Å². The van der Waals surface area contributed by atoms with Crippen LogP contribution < -0.4 is 4.90 Å². The van der Waals surface area contributed by atoms with Crippen LogP contribution in [-0.2, 0) is 16.1 Å². The van der Waals surface area contributed by atoms with Crippen molar-refractivity contribution in [3.05, 3.63) is 58.4 Å². The number of carbonyl (C=O) groups is 2. The van der Waals surface area contributed by atoms with E-state index in [0.29, 0.717) is 51.0 Å². The van der Waals surface area contributed by atoms with Crippen molar-refractivity contribution < 1.29 is 14.3 Å². The molecule has 1 aromatic heterocycles. The summed E-state index contributed by atoms with van der Waals surface area (Å²) in [6.07, 6.45) is 3.89. The molecule has 3 aliphatic heterocycles. The summed E-state index contributed by atoms with van der Waals surface area (Å²) in [7, 11) is 2.10. The summed E-state index contributed by atoms with van der Waals surface area (Å²) in [4.78, 5) is 38.9. The number of pyridine rings is 1. The number of piperazine rings is 1. The van der Waals surface area contributed by atoms with E-state index in [-0.39, 0.29) is 18.0 Å². The van der Waals surface area contributed by atoms with E-state index in [0.717, 1.165) is 48.9 Å². The molecule has 2 amide bonds. The van der Waals surface area contributed by atoms with Crippen LogP contribution in [0.15, 0.2) is 36.5 Å². The molecule has 210 valence electrons. The third-order valence-electron chi connectivity index (χ3n) is 8.20. The molecule has 0 N–H and O–H groups in total. The van der Waals surface area contributed by atoms with Crippen molar-refractivity contribution in [3.63, 3.8) is 0 Å². The van der Waals surface area contributed by atoms with E-state index in [9.17, 15) is 9.59 Å². The average molecular weight is 554 g/mol. The largest absolute Gasteiger partial charge is 0.449 e. The molecule has 1 atom stereocenters. The van der Waals surface area contributed by atoms with Gasteiger partial charge in [0.05, 0.1) is 18.3 Å². The lowest BCUT2D eigenvalue weighted by molar-refractivity contribution is -0.134. The van der Waals surface area contributed by atoms with Gasteiger partial charge in [0, 0.05) is 76.2 Å². The fourth-order valence-corrected chi connectivity index (χ4v) is 6.19. The van der Waals surface area contributed by atoms with Crippen LogP contribution in [0, 0.1) is 11.8 Å². The Balaban J connectivity index is 1.19. The maximum atomic E-state index is 13.2. The first-order chi connectivity index (χ1) is 18.8. The van der Waals surface area contributed by atoms with E-state index in [1.165, 1.54) is 11.1 Å². The Hall–Kier alpha value is -2.84. The van der Waals surface area contributed by atoms with E-state index in [1.807, 2.05) is 43.1 Å². The Morgan fingerprint density at radius 2 is 1.79 bits per heavy atom. The normalized spacial score (nSPS) is 20.4. The summed E-state index contributed by atoms with van der Waals surface area (Å²) in [6, 6.07) is 10.3. The zero-order valence-electron chi connectivity index (χ0n) is 23.3. The van der Waals surface area contributed by atoms with Gasteiger partial charge in [0.25, 0.3) is 0 Å². The Bertz CT molecular complexity index is 1170. The molecular formula is C30H40ClN5O3. The summed E-state index contributed by atoms with van der Waals surface area (Å²) in [5, 5.41) is 0.729. The van der Waals surface area contributed by atoms with Crippen molar-refractivity contribution in [2.45, 2.75) is 45.7 Å². The summed E-state index contributed by atoms with van der Waals surface area (Å²) in [5.41, 5.74) is 4.64. The van der Waals surface area contributed by atoms with E-state index in [4.69, 9.17) is 21.3 Å². The number of rotatable bonds is 5. The molecule has 1 unspecified atom stereocenters. The number of anilines is 1. The molecule has 2 fully saturated rings. The molecule has 5 rings (SSSR count). The monoisotopic (exact) mass is 553 g/mol. The second kappa shape index (κ2) is 12.1. The van der Waals surface area contributed by atoms with Crippen molar-refractivity contribution in [3.8, 4) is 0 Å². The number of ether oxygens (including phenoxy) is 1. The molecule has 9 heteroatoms. The van der Waals surface area contributed by atoms with Gasteiger partial charge >= 0.3 is 6.09 Å². The van der Waals surface area contributed by atoms with Crippen LogP contribution in [0.2, 0.25) is 5.02 Å². The minimum atomic E-state index is -0.228. The predicted octanol–water partition coefficient (Wildman–Crippen LogP) is 4.81. The fourth-order valence-electron chi connectivity index (χ4n) is 6.02. The van der Waals surface area contributed by atoms with E-state index >= 15 is 0 Å². The van der Waals surface area contributed by atoms with Crippen LogP contribution in [0.3, 0.4) is 0 Å². The van der Waals surface area contributed by atoms with Crippen LogP contribution in [0.5, 0.6) is 0 Å². The van der Waals surface area contributed by atoms with Gasteiger partial charge in [-0.15, -0.1) is 0 Å². The minimum Gasteiger partial charge on any atom is -0.449 e. The molecule has 0 bridgehead atoms. The Kier molecular flexibility index (Phi) is 8.62. The number of piperidine rings is 1. The van der Waals surface area contributed by atoms with Crippen molar-refractivity contribution in [1.82, 2.24) is 19.7 Å². The summed E-state index contributed by atoms with van der Waals surface area (Å²) < 4.78 is 5.37. The van der Waals surface area contributed by atoms with Gasteiger partial charge in [-0.2, -0.15) is 0 Å². The number of fused-ring (bicyclic) bond motifs is 2. The van der Waals surface area contributed by atoms with Gasteiger partial charge in [-0.1, -0.05) is 37.6 Å². The van der Waals surface area contributed by atoms with E-state index < -0.39 is 0 Å². The van der Waals surface area contributed by atoms with Crippen molar-refractivity contribution >= 4 is 29.3 Å². The summed E-state index contributed by atoms with van der Waals surface area (Å²) >= 11 is 6.40. The van der Waals surface area contributed by atoms with Gasteiger partial charge in [-0.3, -0.25) is 14.7 Å². The number of benzene rings is 1. The number of nitrogens with zero attached hydrogens (tertiary/aromatic N) is 5. The fraction of sp³-hybridized carbons (Fsp3) is 0.567. The molecule has 0 saturated carbocycles. The zero-order chi connectivity index (χ0) is 27.5. The molecule has 0 spiro atoms. The first-order valence-corrected chi connectivity index (χ1v) is 14.6. The molecule has 39 heavy (non-hydrogen) atoms. The second-order valence-corrected chi connectivity index (χ2v) is 12.0. The first kappa shape index (κ1) is 27.7. The third-order valence-corrected chi connectivity index (χ3v) is 8.43. The molecule has 3 aliphatic rings. The molecule has 8 nitrogen and oxygen atoms in total. The van der Waals surface area contributed by atoms with Crippen molar-refractivity contribution in [2.75, 3.05) is 57.8 Å². The summed E-state index contributed by atoms with van der Waals surface area (Å²) in [5.74, 6) is 0.865. The van der Waals surface area contributed by atoms with Crippen LogP contribution in [0.25, 0.3) is 0 Å². The molecule has 0 radical (unpaired) electrons.